The van der Waals surface area contributed by atoms with Crippen LogP contribution < -0.4 is 0 Å². The van der Waals surface area contributed by atoms with Crippen LogP contribution in [0.2, 0.25) is 0 Å². The molecule has 1 heterocycles. The molecule has 0 amide bonds. The molecule has 0 fully saturated rings. The molecule has 1 atom stereocenters. The van der Waals surface area contributed by atoms with Crippen LogP contribution in [0.1, 0.15) is 19.5 Å². The zero-order valence-electron chi connectivity index (χ0n) is 7.36. The monoisotopic (exact) mass is 153 g/mol. The highest BCUT2D eigenvalue weighted by atomic mass is 15.4. The van der Waals surface area contributed by atoms with Gasteiger partial charge in [-0.25, -0.2) is 0 Å². The fourth-order valence-electron chi connectivity index (χ4n) is 1.25. The van der Waals surface area contributed by atoms with Crippen LogP contribution in [-0.2, 0) is 0 Å². The summed E-state index contributed by atoms with van der Waals surface area (Å²) in [6.07, 6.45) is 5.28. The van der Waals surface area contributed by atoms with Crippen LogP contribution in [0.5, 0.6) is 0 Å². The van der Waals surface area contributed by atoms with Crippen LogP contribution in [0.25, 0.3) is 0 Å². The van der Waals surface area contributed by atoms with E-state index in [0.29, 0.717) is 6.17 Å². The second-order valence-corrected chi connectivity index (χ2v) is 2.84. The molecule has 3 nitrogen and oxygen atoms in total. The van der Waals surface area contributed by atoms with Gasteiger partial charge in [0.25, 0.3) is 0 Å². The van der Waals surface area contributed by atoms with Crippen LogP contribution >= 0.6 is 0 Å². The highest BCUT2D eigenvalue weighted by Crippen LogP contribution is 2.10. The van der Waals surface area contributed by atoms with Crippen molar-refractivity contribution in [3.05, 3.63) is 18.5 Å². The van der Waals surface area contributed by atoms with Crippen molar-refractivity contribution in [2.24, 2.45) is 0 Å². The molecule has 0 N–H and O–H groups in total. The van der Waals surface area contributed by atoms with Crippen molar-refractivity contribution in [1.82, 2.24) is 14.7 Å². The van der Waals surface area contributed by atoms with Gasteiger partial charge in [0.15, 0.2) is 0 Å². The Morgan fingerprint density at radius 3 is 2.64 bits per heavy atom. The van der Waals surface area contributed by atoms with E-state index in [0.717, 1.165) is 6.42 Å². The predicted octanol–water partition coefficient (Wildman–Crippen LogP) is 1.35. The number of hydrogen-bond acceptors (Lipinski definition) is 2. The molecule has 1 unspecified atom stereocenters. The van der Waals surface area contributed by atoms with Gasteiger partial charge in [0, 0.05) is 12.4 Å². The first-order chi connectivity index (χ1) is 5.25. The minimum Gasteiger partial charge on any atom is -0.288 e. The first-order valence-electron chi connectivity index (χ1n) is 3.91. The van der Waals surface area contributed by atoms with E-state index in [1.165, 1.54) is 0 Å². The molecule has 3 heteroatoms. The summed E-state index contributed by atoms with van der Waals surface area (Å²) in [7, 11) is 4.13. The highest BCUT2D eigenvalue weighted by molar-refractivity contribution is 4.80. The quantitative estimate of drug-likeness (QED) is 0.653. The van der Waals surface area contributed by atoms with Crippen molar-refractivity contribution in [3.8, 4) is 0 Å². The van der Waals surface area contributed by atoms with E-state index >= 15 is 0 Å². The Labute approximate surface area is 67.6 Å². The largest absolute Gasteiger partial charge is 0.288 e. The fourth-order valence-corrected chi connectivity index (χ4v) is 1.25. The van der Waals surface area contributed by atoms with Gasteiger partial charge in [-0.05, 0) is 26.6 Å². The molecule has 0 aromatic carbocycles. The van der Waals surface area contributed by atoms with E-state index in [4.69, 9.17) is 0 Å². The van der Waals surface area contributed by atoms with Crippen molar-refractivity contribution in [3.63, 3.8) is 0 Å². The van der Waals surface area contributed by atoms with Crippen LogP contribution in [0.3, 0.4) is 0 Å². The highest BCUT2D eigenvalue weighted by Gasteiger charge is 2.09. The number of hydrogen-bond donors (Lipinski definition) is 0. The van der Waals surface area contributed by atoms with Gasteiger partial charge in [0.2, 0.25) is 0 Å². The molecule has 62 valence electrons. The molecule has 1 aromatic heterocycles. The lowest BCUT2D eigenvalue weighted by atomic mass is 10.3. The standard InChI is InChI=1S/C8H15N3/c1-4-8(10(2)3)11-7-5-6-9-11/h5-8H,4H2,1-3H3. The van der Waals surface area contributed by atoms with Gasteiger partial charge in [-0.2, -0.15) is 5.10 Å². The molecule has 0 spiro atoms. The Morgan fingerprint density at radius 1 is 1.55 bits per heavy atom. The molecule has 0 aliphatic rings. The van der Waals surface area contributed by atoms with E-state index in [-0.39, 0.29) is 0 Å². The molecule has 0 bridgehead atoms. The maximum absolute atomic E-state index is 4.18. The van der Waals surface area contributed by atoms with E-state index < -0.39 is 0 Å². The van der Waals surface area contributed by atoms with Gasteiger partial charge < -0.3 is 0 Å². The van der Waals surface area contributed by atoms with Crippen molar-refractivity contribution >= 4 is 0 Å². The van der Waals surface area contributed by atoms with Gasteiger partial charge in [0.1, 0.15) is 6.17 Å². The van der Waals surface area contributed by atoms with E-state index in [9.17, 15) is 0 Å². The molecule has 0 saturated carbocycles. The topological polar surface area (TPSA) is 21.1 Å². The molecule has 1 aromatic rings. The summed E-state index contributed by atoms with van der Waals surface area (Å²) in [6.45, 7) is 2.16. The maximum atomic E-state index is 4.18. The summed E-state index contributed by atoms with van der Waals surface area (Å²) in [5, 5.41) is 4.18. The van der Waals surface area contributed by atoms with Crippen molar-refractivity contribution in [1.29, 1.82) is 0 Å². The average Bonchev–Trinajstić information content (AvgIpc) is 2.40. The third kappa shape index (κ3) is 1.80. The molecule has 0 aliphatic carbocycles. The molecular formula is C8H15N3. The van der Waals surface area contributed by atoms with Gasteiger partial charge in [0.05, 0.1) is 0 Å². The lowest BCUT2D eigenvalue weighted by molar-refractivity contribution is 0.193. The van der Waals surface area contributed by atoms with E-state index in [1.807, 2.05) is 23.1 Å². The Balaban J connectivity index is 2.71. The van der Waals surface area contributed by atoms with Gasteiger partial charge >= 0.3 is 0 Å². The molecule has 0 radical (unpaired) electrons. The van der Waals surface area contributed by atoms with Crippen molar-refractivity contribution in [2.75, 3.05) is 14.1 Å². The van der Waals surface area contributed by atoms with Crippen LogP contribution in [-0.4, -0.2) is 28.8 Å². The van der Waals surface area contributed by atoms with Crippen molar-refractivity contribution in [2.45, 2.75) is 19.5 Å². The van der Waals surface area contributed by atoms with E-state index in [2.05, 4.69) is 31.0 Å². The minimum atomic E-state index is 0.394. The second-order valence-electron chi connectivity index (χ2n) is 2.84. The summed E-state index contributed by atoms with van der Waals surface area (Å²) in [5.41, 5.74) is 0. The third-order valence-electron chi connectivity index (χ3n) is 1.79. The van der Waals surface area contributed by atoms with Gasteiger partial charge in [-0.3, -0.25) is 9.58 Å². The Morgan fingerprint density at radius 2 is 2.27 bits per heavy atom. The molecule has 1 rings (SSSR count). The zero-order valence-corrected chi connectivity index (χ0v) is 7.36. The first kappa shape index (κ1) is 8.27. The van der Waals surface area contributed by atoms with Gasteiger partial charge in [-0.1, -0.05) is 6.92 Å². The Hall–Kier alpha value is -0.830. The summed E-state index contributed by atoms with van der Waals surface area (Å²) in [6, 6.07) is 1.95. The van der Waals surface area contributed by atoms with Gasteiger partial charge in [-0.15, -0.1) is 0 Å². The lowest BCUT2D eigenvalue weighted by Crippen LogP contribution is -2.25. The zero-order chi connectivity index (χ0) is 8.27. The average molecular weight is 153 g/mol. The minimum absolute atomic E-state index is 0.394. The van der Waals surface area contributed by atoms with Crippen LogP contribution in [0, 0.1) is 0 Å². The lowest BCUT2D eigenvalue weighted by Gasteiger charge is -2.22. The Bertz CT molecular complexity index is 191. The van der Waals surface area contributed by atoms with E-state index in [1.54, 1.807) is 0 Å². The SMILES string of the molecule is CCC(N(C)C)n1cccn1. The first-order valence-corrected chi connectivity index (χ1v) is 3.91. The summed E-state index contributed by atoms with van der Waals surface area (Å²) in [4.78, 5) is 2.16. The molecule has 0 saturated heterocycles. The predicted molar refractivity (Wildman–Crippen MR) is 45.2 cm³/mol. The second kappa shape index (κ2) is 3.53. The summed E-state index contributed by atoms with van der Waals surface area (Å²) < 4.78 is 1.97. The van der Waals surface area contributed by atoms with Crippen molar-refractivity contribution < 1.29 is 0 Å². The molecular weight excluding hydrogens is 138 g/mol. The number of aromatic nitrogens is 2. The third-order valence-corrected chi connectivity index (χ3v) is 1.79. The summed E-state index contributed by atoms with van der Waals surface area (Å²) in [5.74, 6) is 0. The molecule has 0 aliphatic heterocycles. The Kier molecular flexibility index (Phi) is 2.65. The number of nitrogens with zero attached hydrogens (tertiary/aromatic N) is 3. The van der Waals surface area contributed by atoms with Crippen LogP contribution in [0.4, 0.5) is 0 Å². The fraction of sp³-hybridized carbons (Fsp3) is 0.625. The maximum Gasteiger partial charge on any atom is 0.103 e. The summed E-state index contributed by atoms with van der Waals surface area (Å²) >= 11 is 0. The smallest absolute Gasteiger partial charge is 0.103 e. The normalized spacial score (nSPS) is 13.8. The number of rotatable bonds is 3. The van der Waals surface area contributed by atoms with Crippen LogP contribution in [0.15, 0.2) is 18.5 Å². The molecule has 11 heavy (non-hydrogen) atoms.